The molecule has 166 valence electrons. The number of amides is 1. The zero-order valence-corrected chi connectivity index (χ0v) is 18.4. The molecule has 2 aromatic carbocycles. The fraction of sp³-hybridized carbons (Fsp3) is 0.300. The van der Waals surface area contributed by atoms with Crippen LogP contribution in [0.1, 0.15) is 23.2 Å². The number of benzene rings is 2. The van der Waals surface area contributed by atoms with Gasteiger partial charge in [0.05, 0.1) is 29.7 Å². The van der Waals surface area contributed by atoms with Crippen molar-refractivity contribution in [1.29, 1.82) is 0 Å². The smallest absolute Gasteiger partial charge is 0.337 e. The van der Waals surface area contributed by atoms with E-state index >= 15 is 0 Å². The summed E-state index contributed by atoms with van der Waals surface area (Å²) in [4.78, 5) is 24.1. The molecule has 1 unspecified atom stereocenters. The van der Waals surface area contributed by atoms with E-state index < -0.39 is 27.9 Å². The van der Waals surface area contributed by atoms with Gasteiger partial charge in [-0.2, -0.15) is 4.31 Å². The first-order valence-corrected chi connectivity index (χ1v) is 11.1. The highest BCUT2D eigenvalue weighted by atomic mass is 35.5. The molecular formula is C20H21ClN2O7S. The van der Waals surface area contributed by atoms with Gasteiger partial charge in [-0.3, -0.25) is 4.79 Å². The quantitative estimate of drug-likeness (QED) is 0.640. The molecule has 0 aliphatic carbocycles. The number of hydrogen-bond donors (Lipinski definition) is 2. The van der Waals surface area contributed by atoms with Crippen LogP contribution in [0, 0.1) is 0 Å². The van der Waals surface area contributed by atoms with Crippen molar-refractivity contribution in [2.75, 3.05) is 26.1 Å². The van der Waals surface area contributed by atoms with Crippen LogP contribution in [0.25, 0.3) is 0 Å². The molecule has 31 heavy (non-hydrogen) atoms. The van der Waals surface area contributed by atoms with Crippen LogP contribution < -0.4 is 14.8 Å². The minimum atomic E-state index is -3.99. The fourth-order valence-corrected chi connectivity index (χ4v) is 5.27. The van der Waals surface area contributed by atoms with Gasteiger partial charge in [0.25, 0.3) is 0 Å². The maximum Gasteiger partial charge on any atom is 0.337 e. The summed E-state index contributed by atoms with van der Waals surface area (Å²) in [6.07, 6.45) is 0.837. The highest BCUT2D eigenvalue weighted by Crippen LogP contribution is 2.33. The third kappa shape index (κ3) is 4.60. The van der Waals surface area contributed by atoms with Gasteiger partial charge in [0, 0.05) is 18.3 Å². The minimum absolute atomic E-state index is 0.0236. The van der Waals surface area contributed by atoms with E-state index in [0.717, 1.165) is 4.31 Å². The van der Waals surface area contributed by atoms with Crippen LogP contribution in [0.2, 0.25) is 5.02 Å². The first-order chi connectivity index (χ1) is 14.7. The van der Waals surface area contributed by atoms with Gasteiger partial charge in [-0.05, 0) is 43.2 Å². The van der Waals surface area contributed by atoms with Crippen molar-refractivity contribution in [3.8, 4) is 11.5 Å². The molecule has 11 heteroatoms. The Balaban J connectivity index is 1.86. The molecule has 9 nitrogen and oxygen atoms in total. The number of carbonyl (C=O) groups excluding carboxylic acids is 1. The molecule has 3 rings (SSSR count). The van der Waals surface area contributed by atoms with E-state index in [1.807, 2.05) is 0 Å². The Labute approximate surface area is 184 Å². The highest BCUT2D eigenvalue weighted by molar-refractivity contribution is 7.89. The number of hydrogen-bond acceptors (Lipinski definition) is 6. The van der Waals surface area contributed by atoms with Gasteiger partial charge in [0.1, 0.15) is 6.04 Å². The third-order valence-electron chi connectivity index (χ3n) is 4.93. The number of sulfonamides is 1. The Morgan fingerprint density at radius 2 is 1.84 bits per heavy atom. The Morgan fingerprint density at radius 3 is 2.48 bits per heavy atom. The molecule has 0 aromatic heterocycles. The van der Waals surface area contributed by atoms with E-state index in [0.29, 0.717) is 18.6 Å². The van der Waals surface area contributed by atoms with Crippen molar-refractivity contribution in [3.63, 3.8) is 0 Å². The topological polar surface area (TPSA) is 122 Å². The molecular weight excluding hydrogens is 448 g/mol. The molecule has 1 amide bonds. The standard InChI is InChI=1S/C20H21ClN2O7S/c1-29-17-8-6-13(11-18(17)30-2)31(27,28)23-9-3-4-16(23)19(24)22-12-5-7-15(21)14(10-12)20(25)26/h5-8,10-11,16H,3-4,9H2,1-2H3,(H,22,24)(H,25,26). The summed E-state index contributed by atoms with van der Waals surface area (Å²) in [5.74, 6) is -1.15. The third-order valence-corrected chi connectivity index (χ3v) is 7.17. The van der Waals surface area contributed by atoms with Crippen molar-refractivity contribution in [2.45, 2.75) is 23.8 Å². The maximum absolute atomic E-state index is 13.2. The minimum Gasteiger partial charge on any atom is -0.493 e. The Hall–Kier alpha value is -2.82. The van der Waals surface area contributed by atoms with Crippen LogP contribution in [-0.4, -0.2) is 56.5 Å². The zero-order valence-electron chi connectivity index (χ0n) is 16.8. The number of rotatable bonds is 7. The molecule has 1 aliphatic heterocycles. The second-order valence-electron chi connectivity index (χ2n) is 6.78. The Morgan fingerprint density at radius 1 is 1.13 bits per heavy atom. The van der Waals surface area contributed by atoms with Gasteiger partial charge in [-0.1, -0.05) is 11.6 Å². The summed E-state index contributed by atoms with van der Waals surface area (Å²) < 4.78 is 37.9. The summed E-state index contributed by atoms with van der Waals surface area (Å²) in [5.41, 5.74) is 0.0443. The summed E-state index contributed by atoms with van der Waals surface area (Å²) in [5, 5.41) is 11.8. The summed E-state index contributed by atoms with van der Waals surface area (Å²) in [6, 6.07) is 7.31. The van der Waals surface area contributed by atoms with Crippen molar-refractivity contribution in [2.24, 2.45) is 0 Å². The van der Waals surface area contributed by atoms with Crippen molar-refractivity contribution < 1.29 is 32.6 Å². The van der Waals surface area contributed by atoms with E-state index in [9.17, 15) is 23.1 Å². The van der Waals surface area contributed by atoms with Crippen LogP contribution in [-0.2, 0) is 14.8 Å². The van der Waals surface area contributed by atoms with Crippen LogP contribution in [0.15, 0.2) is 41.3 Å². The van der Waals surface area contributed by atoms with Crippen LogP contribution in [0.4, 0.5) is 5.69 Å². The van der Waals surface area contributed by atoms with Crippen LogP contribution >= 0.6 is 11.6 Å². The van der Waals surface area contributed by atoms with Gasteiger partial charge in [-0.25, -0.2) is 13.2 Å². The van der Waals surface area contributed by atoms with E-state index in [2.05, 4.69) is 5.32 Å². The monoisotopic (exact) mass is 468 g/mol. The Kier molecular flexibility index (Phi) is 6.73. The van der Waals surface area contributed by atoms with E-state index in [1.165, 1.54) is 50.6 Å². The summed E-state index contributed by atoms with van der Waals surface area (Å²) >= 11 is 5.85. The molecule has 1 aliphatic rings. The number of nitrogens with zero attached hydrogens (tertiary/aromatic N) is 1. The molecule has 0 bridgehead atoms. The van der Waals surface area contributed by atoms with Gasteiger partial charge in [0.2, 0.25) is 15.9 Å². The normalized spacial score (nSPS) is 16.7. The lowest BCUT2D eigenvalue weighted by molar-refractivity contribution is -0.119. The largest absolute Gasteiger partial charge is 0.493 e. The molecule has 1 fully saturated rings. The van der Waals surface area contributed by atoms with Gasteiger partial charge < -0.3 is 19.9 Å². The number of aromatic carboxylic acids is 1. The maximum atomic E-state index is 13.2. The molecule has 1 atom stereocenters. The number of anilines is 1. The summed E-state index contributed by atoms with van der Waals surface area (Å²) in [6.45, 7) is 0.176. The van der Waals surface area contributed by atoms with Gasteiger partial charge in [-0.15, -0.1) is 0 Å². The average Bonchev–Trinajstić information content (AvgIpc) is 3.25. The predicted molar refractivity (Wildman–Crippen MR) is 114 cm³/mol. The summed E-state index contributed by atoms with van der Waals surface area (Å²) in [7, 11) is -1.14. The van der Waals surface area contributed by atoms with Crippen molar-refractivity contribution in [3.05, 3.63) is 47.0 Å². The lowest BCUT2D eigenvalue weighted by Crippen LogP contribution is -2.43. The number of methoxy groups -OCH3 is 2. The van der Waals surface area contributed by atoms with Gasteiger partial charge in [0.15, 0.2) is 11.5 Å². The lowest BCUT2D eigenvalue weighted by atomic mass is 10.1. The molecule has 0 radical (unpaired) electrons. The lowest BCUT2D eigenvalue weighted by Gasteiger charge is -2.24. The molecule has 1 heterocycles. The number of carbonyl (C=O) groups is 2. The number of halogens is 1. The number of ether oxygens (including phenoxy) is 2. The van der Waals surface area contributed by atoms with E-state index in [1.54, 1.807) is 0 Å². The van der Waals surface area contributed by atoms with Crippen molar-refractivity contribution >= 4 is 39.2 Å². The highest BCUT2D eigenvalue weighted by Gasteiger charge is 2.39. The average molecular weight is 469 g/mol. The first-order valence-electron chi connectivity index (χ1n) is 9.26. The fourth-order valence-electron chi connectivity index (χ4n) is 3.39. The molecule has 2 aromatic rings. The number of carboxylic acids is 1. The number of carboxylic acid groups (broad SMARTS) is 1. The van der Waals surface area contributed by atoms with E-state index in [4.69, 9.17) is 21.1 Å². The predicted octanol–water partition coefficient (Wildman–Crippen LogP) is 2.85. The van der Waals surface area contributed by atoms with E-state index in [-0.39, 0.29) is 33.5 Å². The first kappa shape index (κ1) is 22.9. The second kappa shape index (κ2) is 9.13. The zero-order chi connectivity index (χ0) is 22.8. The molecule has 2 N–H and O–H groups in total. The number of nitrogens with one attached hydrogen (secondary N) is 1. The molecule has 1 saturated heterocycles. The molecule has 0 saturated carbocycles. The van der Waals surface area contributed by atoms with Crippen LogP contribution in [0.5, 0.6) is 11.5 Å². The SMILES string of the molecule is COc1ccc(S(=O)(=O)N2CCCC2C(=O)Nc2ccc(Cl)c(C(=O)O)c2)cc1OC. The van der Waals surface area contributed by atoms with Gasteiger partial charge >= 0.3 is 5.97 Å². The van der Waals surface area contributed by atoms with Crippen LogP contribution in [0.3, 0.4) is 0 Å². The molecule has 0 spiro atoms. The van der Waals surface area contributed by atoms with Crippen molar-refractivity contribution in [1.82, 2.24) is 4.31 Å². The second-order valence-corrected chi connectivity index (χ2v) is 9.08. The Bertz CT molecular complexity index is 1120.